The zero-order valence-electron chi connectivity index (χ0n) is 13.5. The van der Waals surface area contributed by atoms with Gasteiger partial charge < -0.3 is 4.90 Å². The van der Waals surface area contributed by atoms with E-state index in [2.05, 4.69) is 6.07 Å². The molecule has 25 heavy (non-hydrogen) atoms. The Hall–Kier alpha value is -1.92. The van der Waals surface area contributed by atoms with Gasteiger partial charge in [0.05, 0.1) is 22.0 Å². The smallest absolute Gasteiger partial charge is 0.233 e. The Bertz CT molecular complexity index is 861. The summed E-state index contributed by atoms with van der Waals surface area (Å²) in [6.07, 6.45) is 1.97. The van der Waals surface area contributed by atoms with Crippen molar-refractivity contribution in [2.45, 2.75) is 23.8 Å². The molecule has 2 aromatic carbocycles. The van der Waals surface area contributed by atoms with Crippen LogP contribution in [-0.2, 0) is 4.79 Å². The minimum Gasteiger partial charge on any atom is -0.332 e. The van der Waals surface area contributed by atoms with Crippen LogP contribution in [0.1, 0.15) is 23.9 Å². The van der Waals surface area contributed by atoms with Crippen LogP contribution in [0, 0.1) is 5.82 Å². The number of hydrogen-bond donors (Lipinski definition) is 0. The van der Waals surface area contributed by atoms with Crippen molar-refractivity contribution in [2.24, 2.45) is 0 Å². The molecule has 1 atom stereocenters. The number of likely N-dealkylation sites (tertiary alicyclic amines) is 1. The van der Waals surface area contributed by atoms with E-state index in [0.29, 0.717) is 5.75 Å². The number of hydrogen-bond acceptors (Lipinski definition) is 4. The summed E-state index contributed by atoms with van der Waals surface area (Å²) in [6.45, 7) is 0.781. The number of amides is 1. The summed E-state index contributed by atoms with van der Waals surface area (Å²) in [5.41, 5.74) is 1.00. The molecule has 2 heterocycles. The second-order valence-corrected chi connectivity index (χ2v) is 8.12. The average molecular weight is 372 g/mol. The quantitative estimate of drug-likeness (QED) is 0.611. The van der Waals surface area contributed by atoms with E-state index < -0.39 is 0 Å². The molecule has 6 heteroatoms. The maximum Gasteiger partial charge on any atom is 0.233 e. The Kier molecular flexibility index (Phi) is 4.72. The first-order valence-electron chi connectivity index (χ1n) is 8.24. The van der Waals surface area contributed by atoms with Crippen molar-refractivity contribution < 1.29 is 9.18 Å². The van der Waals surface area contributed by atoms with E-state index in [1.165, 1.54) is 23.9 Å². The summed E-state index contributed by atoms with van der Waals surface area (Å²) in [5.74, 6) is 0.231. The largest absolute Gasteiger partial charge is 0.332 e. The predicted molar refractivity (Wildman–Crippen MR) is 100 cm³/mol. The van der Waals surface area contributed by atoms with Crippen LogP contribution in [0.15, 0.2) is 53.4 Å². The minimum atomic E-state index is -0.258. The zero-order chi connectivity index (χ0) is 17.2. The third kappa shape index (κ3) is 3.55. The van der Waals surface area contributed by atoms with Crippen molar-refractivity contribution >= 4 is 39.2 Å². The van der Waals surface area contributed by atoms with Gasteiger partial charge in [-0.3, -0.25) is 4.79 Å². The highest BCUT2D eigenvalue weighted by atomic mass is 32.2. The molecule has 3 aromatic rings. The van der Waals surface area contributed by atoms with E-state index in [-0.39, 0.29) is 17.8 Å². The third-order valence-electron chi connectivity index (χ3n) is 4.34. The Labute approximate surface area is 153 Å². The van der Waals surface area contributed by atoms with Crippen molar-refractivity contribution in [2.75, 3.05) is 12.3 Å². The molecule has 0 radical (unpaired) electrons. The first-order chi connectivity index (χ1) is 12.2. The molecule has 0 spiro atoms. The monoisotopic (exact) mass is 372 g/mol. The normalized spacial score (nSPS) is 17.3. The molecule has 128 valence electrons. The summed E-state index contributed by atoms with van der Waals surface area (Å²) >= 11 is 3.13. The number of thioether (sulfide) groups is 1. The van der Waals surface area contributed by atoms with Gasteiger partial charge in [-0.15, -0.1) is 23.1 Å². The molecule has 0 bridgehead atoms. The van der Waals surface area contributed by atoms with Crippen molar-refractivity contribution in [3.05, 3.63) is 59.4 Å². The highest BCUT2D eigenvalue weighted by Crippen LogP contribution is 2.37. The molecular weight excluding hydrogens is 355 g/mol. The van der Waals surface area contributed by atoms with Gasteiger partial charge in [0.2, 0.25) is 5.91 Å². The number of nitrogens with zero attached hydrogens (tertiary/aromatic N) is 2. The molecular formula is C19H17FN2OS2. The number of fused-ring (bicyclic) bond motifs is 1. The van der Waals surface area contributed by atoms with Gasteiger partial charge in [-0.1, -0.05) is 12.1 Å². The third-order valence-corrected chi connectivity index (χ3v) is 6.48. The lowest BCUT2D eigenvalue weighted by molar-refractivity contribution is -0.129. The Morgan fingerprint density at radius 1 is 1.24 bits per heavy atom. The van der Waals surface area contributed by atoms with Crippen molar-refractivity contribution in [1.82, 2.24) is 9.88 Å². The summed E-state index contributed by atoms with van der Waals surface area (Å²) in [6, 6.07) is 14.4. The van der Waals surface area contributed by atoms with Gasteiger partial charge in [-0.25, -0.2) is 9.37 Å². The average Bonchev–Trinajstić information content (AvgIpc) is 3.27. The SMILES string of the molecule is O=C(CSc1ccc(F)cc1)N1CCCC1c1nc2ccccc2s1. The molecule has 1 aliphatic rings. The predicted octanol–water partition coefficient (Wildman–Crippen LogP) is 4.89. The Morgan fingerprint density at radius 2 is 2.04 bits per heavy atom. The second-order valence-electron chi connectivity index (χ2n) is 6.01. The lowest BCUT2D eigenvalue weighted by Crippen LogP contribution is -2.31. The summed E-state index contributed by atoms with van der Waals surface area (Å²) in [7, 11) is 0. The first-order valence-corrected chi connectivity index (χ1v) is 10.0. The van der Waals surface area contributed by atoms with Gasteiger partial charge in [-0.2, -0.15) is 0 Å². The number of carbonyl (C=O) groups is 1. The number of rotatable bonds is 4. The van der Waals surface area contributed by atoms with E-state index in [9.17, 15) is 9.18 Å². The van der Waals surface area contributed by atoms with Gasteiger partial charge in [0.1, 0.15) is 10.8 Å². The summed E-state index contributed by atoms with van der Waals surface area (Å²) in [5, 5.41) is 1.03. The minimum absolute atomic E-state index is 0.0821. The molecule has 1 saturated heterocycles. The number of carbonyl (C=O) groups excluding carboxylic acids is 1. The van der Waals surface area contributed by atoms with Gasteiger partial charge >= 0.3 is 0 Å². The lowest BCUT2D eigenvalue weighted by atomic mass is 10.2. The van der Waals surface area contributed by atoms with Crippen LogP contribution in [0.2, 0.25) is 0 Å². The molecule has 1 aromatic heterocycles. The van der Waals surface area contributed by atoms with E-state index >= 15 is 0 Å². The van der Waals surface area contributed by atoms with E-state index in [1.807, 2.05) is 23.1 Å². The van der Waals surface area contributed by atoms with Crippen molar-refractivity contribution in [3.8, 4) is 0 Å². The number of benzene rings is 2. The van der Waals surface area contributed by atoms with Gasteiger partial charge in [0, 0.05) is 11.4 Å². The molecule has 3 nitrogen and oxygen atoms in total. The molecule has 4 rings (SSSR count). The lowest BCUT2D eigenvalue weighted by Gasteiger charge is -2.23. The number of aromatic nitrogens is 1. The van der Waals surface area contributed by atoms with Crippen LogP contribution in [-0.4, -0.2) is 28.1 Å². The highest BCUT2D eigenvalue weighted by Gasteiger charge is 2.32. The van der Waals surface area contributed by atoms with Crippen LogP contribution in [0.25, 0.3) is 10.2 Å². The van der Waals surface area contributed by atoms with Crippen LogP contribution < -0.4 is 0 Å². The maximum absolute atomic E-state index is 13.0. The number of halogens is 1. The summed E-state index contributed by atoms with van der Waals surface area (Å²) < 4.78 is 14.1. The van der Waals surface area contributed by atoms with E-state index in [0.717, 1.165) is 39.5 Å². The van der Waals surface area contributed by atoms with Crippen LogP contribution in [0.4, 0.5) is 4.39 Å². The molecule has 1 unspecified atom stereocenters. The fraction of sp³-hybridized carbons (Fsp3) is 0.263. The Balaban J connectivity index is 1.46. The first kappa shape index (κ1) is 16.5. The van der Waals surface area contributed by atoms with Gasteiger partial charge in [0.15, 0.2) is 0 Å². The molecule has 0 aliphatic carbocycles. The molecule has 1 fully saturated rings. The van der Waals surface area contributed by atoms with E-state index in [1.54, 1.807) is 23.5 Å². The topological polar surface area (TPSA) is 33.2 Å². The van der Waals surface area contributed by atoms with Gasteiger partial charge in [-0.05, 0) is 49.2 Å². The van der Waals surface area contributed by atoms with Gasteiger partial charge in [0.25, 0.3) is 0 Å². The fourth-order valence-corrected chi connectivity index (χ4v) is 5.01. The second kappa shape index (κ2) is 7.14. The number of para-hydroxylation sites is 1. The zero-order valence-corrected chi connectivity index (χ0v) is 15.2. The molecule has 1 amide bonds. The Morgan fingerprint density at radius 3 is 2.84 bits per heavy atom. The van der Waals surface area contributed by atoms with E-state index in [4.69, 9.17) is 4.98 Å². The fourth-order valence-electron chi connectivity index (χ4n) is 3.11. The van der Waals surface area contributed by atoms with Crippen molar-refractivity contribution in [3.63, 3.8) is 0 Å². The highest BCUT2D eigenvalue weighted by molar-refractivity contribution is 8.00. The number of thiazole rings is 1. The van der Waals surface area contributed by atoms with Crippen LogP contribution in [0.3, 0.4) is 0 Å². The molecule has 0 N–H and O–H groups in total. The van der Waals surface area contributed by atoms with Crippen molar-refractivity contribution in [1.29, 1.82) is 0 Å². The standard InChI is InChI=1S/C19H17FN2OS2/c20-13-7-9-14(10-8-13)24-12-18(23)22-11-3-5-16(22)19-21-15-4-1-2-6-17(15)25-19/h1-2,4,6-10,16H,3,5,11-12H2. The maximum atomic E-state index is 13.0. The molecule has 0 saturated carbocycles. The molecule has 1 aliphatic heterocycles. The van der Waals surface area contributed by atoms with Crippen LogP contribution >= 0.6 is 23.1 Å². The van der Waals surface area contributed by atoms with Crippen LogP contribution in [0.5, 0.6) is 0 Å². The summed E-state index contributed by atoms with van der Waals surface area (Å²) in [4.78, 5) is 20.3.